The van der Waals surface area contributed by atoms with E-state index in [1.54, 1.807) is 0 Å². The molecule has 4 aliphatic rings. The van der Waals surface area contributed by atoms with Crippen molar-refractivity contribution >= 4 is 5.96 Å². The molecule has 102 valence electrons. The minimum atomic E-state index is 0.247. The van der Waals surface area contributed by atoms with E-state index in [4.69, 9.17) is 11.5 Å². The van der Waals surface area contributed by atoms with Gasteiger partial charge in [-0.05, 0) is 67.1 Å². The van der Waals surface area contributed by atoms with E-state index in [0.29, 0.717) is 16.2 Å². The van der Waals surface area contributed by atoms with Crippen molar-refractivity contribution in [2.24, 2.45) is 38.6 Å². The van der Waals surface area contributed by atoms with E-state index < -0.39 is 0 Å². The Morgan fingerprint density at radius 2 is 1.67 bits per heavy atom. The van der Waals surface area contributed by atoms with Crippen LogP contribution in [0.3, 0.4) is 0 Å². The highest BCUT2D eigenvalue weighted by Crippen LogP contribution is 2.70. The lowest BCUT2D eigenvalue weighted by molar-refractivity contribution is -0.146. The fourth-order valence-electron chi connectivity index (χ4n) is 6.39. The molecule has 4 saturated carbocycles. The molecule has 4 rings (SSSR count). The van der Waals surface area contributed by atoms with Crippen LogP contribution in [-0.4, -0.2) is 12.5 Å². The minimum Gasteiger partial charge on any atom is -0.370 e. The van der Waals surface area contributed by atoms with Gasteiger partial charge in [-0.15, -0.1) is 0 Å². The van der Waals surface area contributed by atoms with Gasteiger partial charge in [-0.1, -0.05) is 13.8 Å². The largest absolute Gasteiger partial charge is 0.370 e. The normalized spacial score (nSPS) is 49.3. The van der Waals surface area contributed by atoms with Crippen LogP contribution in [0.5, 0.6) is 0 Å². The van der Waals surface area contributed by atoms with E-state index in [2.05, 4.69) is 18.8 Å². The van der Waals surface area contributed by atoms with Crippen LogP contribution in [-0.2, 0) is 0 Å². The molecule has 0 aromatic carbocycles. The van der Waals surface area contributed by atoms with Crippen molar-refractivity contribution in [2.75, 3.05) is 6.54 Å². The summed E-state index contributed by atoms with van der Waals surface area (Å²) < 4.78 is 0. The van der Waals surface area contributed by atoms with Crippen molar-refractivity contribution < 1.29 is 0 Å². The fraction of sp³-hybridized carbons (Fsp3) is 0.933. The first-order chi connectivity index (χ1) is 8.32. The molecular weight excluding hydrogens is 222 g/mol. The number of aliphatic imine (C=N–C) groups is 1. The molecule has 0 saturated heterocycles. The number of nitrogens with two attached hydrogens (primary N) is 2. The third kappa shape index (κ3) is 2.02. The first-order valence-electron chi connectivity index (χ1n) is 7.38. The van der Waals surface area contributed by atoms with Crippen LogP contribution < -0.4 is 11.5 Å². The summed E-state index contributed by atoms with van der Waals surface area (Å²) in [5.74, 6) is 1.22. The van der Waals surface area contributed by atoms with Gasteiger partial charge in [0.1, 0.15) is 0 Å². The molecule has 2 atom stereocenters. The number of rotatable bonds is 3. The predicted molar refractivity (Wildman–Crippen MR) is 75.1 cm³/mol. The second-order valence-corrected chi connectivity index (χ2v) is 8.19. The van der Waals surface area contributed by atoms with Gasteiger partial charge in [0, 0.05) is 6.54 Å². The maximum absolute atomic E-state index is 5.45. The van der Waals surface area contributed by atoms with E-state index in [1.807, 2.05) is 0 Å². The molecular formula is C15H27N3. The second-order valence-electron chi connectivity index (χ2n) is 8.19. The Hall–Kier alpha value is -0.730. The Labute approximate surface area is 110 Å². The van der Waals surface area contributed by atoms with E-state index >= 15 is 0 Å². The van der Waals surface area contributed by atoms with Crippen LogP contribution in [0.25, 0.3) is 0 Å². The Kier molecular flexibility index (Phi) is 2.49. The Morgan fingerprint density at radius 1 is 1.06 bits per heavy atom. The molecule has 4 aliphatic carbocycles. The quantitative estimate of drug-likeness (QED) is 0.596. The van der Waals surface area contributed by atoms with Crippen molar-refractivity contribution in [1.82, 2.24) is 0 Å². The zero-order valence-corrected chi connectivity index (χ0v) is 11.8. The molecule has 18 heavy (non-hydrogen) atoms. The molecule has 0 heterocycles. The SMILES string of the molecule is CC12CC3CC(C)(C1)CC(CCN=C(N)N)(C3)C2. The van der Waals surface area contributed by atoms with Crippen molar-refractivity contribution in [3.63, 3.8) is 0 Å². The molecule has 2 unspecified atom stereocenters. The maximum Gasteiger partial charge on any atom is 0.185 e. The van der Waals surface area contributed by atoms with E-state index in [0.717, 1.165) is 12.5 Å². The summed E-state index contributed by atoms with van der Waals surface area (Å²) in [7, 11) is 0. The number of hydrogen-bond acceptors (Lipinski definition) is 1. The molecule has 0 amide bonds. The number of guanidine groups is 1. The lowest BCUT2D eigenvalue weighted by Crippen LogP contribution is -2.55. The van der Waals surface area contributed by atoms with Gasteiger partial charge in [0.05, 0.1) is 0 Å². The minimum absolute atomic E-state index is 0.247. The topological polar surface area (TPSA) is 64.4 Å². The Balaban J connectivity index is 1.78. The summed E-state index contributed by atoms with van der Waals surface area (Å²) in [6.07, 6.45) is 9.81. The van der Waals surface area contributed by atoms with Crippen LogP contribution in [0.4, 0.5) is 0 Å². The summed E-state index contributed by atoms with van der Waals surface area (Å²) in [5.41, 5.74) is 12.6. The molecule has 0 aromatic heterocycles. The highest BCUT2D eigenvalue weighted by Gasteiger charge is 2.59. The van der Waals surface area contributed by atoms with Gasteiger partial charge in [0.15, 0.2) is 5.96 Å². The van der Waals surface area contributed by atoms with Crippen LogP contribution >= 0.6 is 0 Å². The molecule has 0 aliphatic heterocycles. The fourth-order valence-corrected chi connectivity index (χ4v) is 6.39. The first kappa shape index (κ1) is 12.3. The average molecular weight is 249 g/mol. The van der Waals surface area contributed by atoms with Gasteiger partial charge in [-0.2, -0.15) is 0 Å². The molecule has 4 N–H and O–H groups in total. The summed E-state index contributed by atoms with van der Waals surface area (Å²) >= 11 is 0. The summed E-state index contributed by atoms with van der Waals surface area (Å²) in [6.45, 7) is 5.86. The van der Waals surface area contributed by atoms with E-state index in [-0.39, 0.29) is 5.96 Å². The number of hydrogen-bond donors (Lipinski definition) is 2. The third-order valence-electron chi connectivity index (χ3n) is 5.68. The average Bonchev–Trinajstić information content (AvgIpc) is 2.09. The van der Waals surface area contributed by atoms with Crippen molar-refractivity contribution in [3.8, 4) is 0 Å². The van der Waals surface area contributed by atoms with Gasteiger partial charge in [-0.3, -0.25) is 4.99 Å². The van der Waals surface area contributed by atoms with Crippen molar-refractivity contribution in [1.29, 1.82) is 0 Å². The van der Waals surface area contributed by atoms with Crippen LogP contribution in [0.15, 0.2) is 4.99 Å². The predicted octanol–water partition coefficient (Wildman–Crippen LogP) is 2.65. The monoisotopic (exact) mass is 249 g/mol. The molecule has 0 spiro atoms. The maximum atomic E-state index is 5.45. The molecule has 4 fully saturated rings. The highest BCUT2D eigenvalue weighted by atomic mass is 15.0. The van der Waals surface area contributed by atoms with Crippen LogP contribution in [0.2, 0.25) is 0 Å². The van der Waals surface area contributed by atoms with Crippen LogP contribution in [0.1, 0.15) is 58.8 Å². The van der Waals surface area contributed by atoms with Crippen molar-refractivity contribution in [2.45, 2.75) is 58.8 Å². The Bertz CT molecular complexity index is 365. The summed E-state index contributed by atoms with van der Waals surface area (Å²) in [6, 6.07) is 0. The molecule has 3 nitrogen and oxygen atoms in total. The van der Waals surface area contributed by atoms with Gasteiger partial charge >= 0.3 is 0 Å². The summed E-state index contributed by atoms with van der Waals surface area (Å²) in [5, 5.41) is 0. The zero-order chi connectivity index (χ0) is 13.0. The standard InChI is InChI=1S/C15H27N3/c1-13-5-11-6-14(2,8-13)10-15(7-11,9-13)3-4-18-12(16)17/h11H,3-10H2,1-2H3,(H4,16,17,18). The molecule has 4 bridgehead atoms. The second kappa shape index (κ2) is 3.64. The summed E-state index contributed by atoms with van der Waals surface area (Å²) in [4.78, 5) is 4.22. The molecule has 3 heteroatoms. The lowest BCUT2D eigenvalue weighted by atomic mass is 9.40. The lowest BCUT2D eigenvalue weighted by Gasteiger charge is -2.65. The molecule has 0 radical (unpaired) electrons. The van der Waals surface area contributed by atoms with Gasteiger partial charge in [0.2, 0.25) is 0 Å². The number of nitrogens with zero attached hydrogens (tertiary/aromatic N) is 1. The smallest absolute Gasteiger partial charge is 0.185 e. The third-order valence-corrected chi connectivity index (χ3v) is 5.68. The van der Waals surface area contributed by atoms with Gasteiger partial charge in [-0.25, -0.2) is 0 Å². The highest BCUT2D eigenvalue weighted by molar-refractivity contribution is 5.75. The van der Waals surface area contributed by atoms with Crippen molar-refractivity contribution in [3.05, 3.63) is 0 Å². The molecule has 0 aromatic rings. The van der Waals surface area contributed by atoms with Gasteiger partial charge < -0.3 is 11.5 Å². The van der Waals surface area contributed by atoms with E-state index in [1.165, 1.54) is 44.9 Å². The Morgan fingerprint density at radius 3 is 2.17 bits per heavy atom. The van der Waals surface area contributed by atoms with Crippen LogP contribution in [0, 0.1) is 22.2 Å². The van der Waals surface area contributed by atoms with Gasteiger partial charge in [0.25, 0.3) is 0 Å². The van der Waals surface area contributed by atoms with E-state index in [9.17, 15) is 0 Å². The first-order valence-corrected chi connectivity index (χ1v) is 7.38. The zero-order valence-electron chi connectivity index (χ0n) is 11.8.